The topological polar surface area (TPSA) is 12.0 Å². The number of anilines is 1. The summed E-state index contributed by atoms with van der Waals surface area (Å²) in [6, 6.07) is 29.9. The largest absolute Gasteiger partial charge is 0.388 e. The number of hydrogen-bond donors (Lipinski definition) is 1. The Morgan fingerprint density at radius 2 is 0.971 bits per heavy atom. The van der Waals surface area contributed by atoms with Gasteiger partial charge in [0.05, 0.1) is 0 Å². The second-order valence-corrected chi connectivity index (χ2v) is 11.4. The van der Waals surface area contributed by atoms with E-state index in [2.05, 4.69) is 115 Å². The molecule has 0 spiro atoms. The maximum absolute atomic E-state index is 3.03. The number of para-hydroxylation sites is 1. The van der Waals surface area contributed by atoms with Crippen LogP contribution in [0, 0.1) is 10.8 Å². The Morgan fingerprint density at radius 3 is 1.31 bits per heavy atom. The van der Waals surface area contributed by atoms with E-state index in [4.69, 9.17) is 0 Å². The van der Waals surface area contributed by atoms with Gasteiger partial charge in [-0.25, -0.2) is 0 Å². The molecule has 0 aromatic heterocycles. The molecule has 0 heterocycles. The number of benzene rings is 4. The Morgan fingerprint density at radius 1 is 0.600 bits per heavy atom. The summed E-state index contributed by atoms with van der Waals surface area (Å²) >= 11 is 0. The van der Waals surface area contributed by atoms with Gasteiger partial charge >= 0.3 is 0 Å². The van der Waals surface area contributed by atoms with Crippen molar-refractivity contribution in [2.45, 2.75) is 75.2 Å². The summed E-state index contributed by atoms with van der Waals surface area (Å²) in [5, 5.41) is 8.51. The molecule has 1 nitrogen and oxygen atoms in total. The predicted octanol–water partition coefficient (Wildman–Crippen LogP) is 10.9. The van der Waals surface area contributed by atoms with Crippen LogP contribution < -0.4 is 5.32 Å². The molecule has 190 valence electrons. The minimum absolute atomic E-state index is 0.257. The summed E-state index contributed by atoms with van der Waals surface area (Å²) < 4.78 is 0. The third-order valence-electron chi connectivity index (χ3n) is 5.61. The highest BCUT2D eigenvalue weighted by Gasteiger charge is 2.25. The molecule has 1 N–H and O–H groups in total. The van der Waals surface area contributed by atoms with Crippen molar-refractivity contribution in [1.29, 1.82) is 0 Å². The highest BCUT2D eigenvalue weighted by Crippen LogP contribution is 2.41. The van der Waals surface area contributed by atoms with Crippen molar-refractivity contribution in [2.75, 3.05) is 12.4 Å². The quantitative estimate of drug-likeness (QED) is 0.287. The normalized spacial score (nSPS) is 11.7. The maximum atomic E-state index is 3.03. The van der Waals surface area contributed by atoms with Crippen LogP contribution in [-0.4, -0.2) is 7.05 Å². The van der Waals surface area contributed by atoms with Crippen LogP contribution in [0.25, 0.3) is 21.5 Å². The van der Waals surface area contributed by atoms with Crippen LogP contribution in [0.4, 0.5) is 5.69 Å². The van der Waals surface area contributed by atoms with Crippen molar-refractivity contribution in [1.82, 2.24) is 0 Å². The molecule has 0 bridgehead atoms. The molecule has 0 fully saturated rings. The summed E-state index contributed by atoms with van der Waals surface area (Å²) in [5.41, 5.74) is 3.41. The zero-order chi connectivity index (χ0) is 26.6. The van der Waals surface area contributed by atoms with Gasteiger partial charge in [-0.2, -0.15) is 0 Å². The average Bonchev–Trinajstić information content (AvgIpc) is 2.82. The highest BCUT2D eigenvalue weighted by atomic mass is 14.8. The number of fused-ring (bicyclic) bond motifs is 2. The predicted molar refractivity (Wildman–Crippen MR) is 162 cm³/mol. The second-order valence-electron chi connectivity index (χ2n) is 11.4. The van der Waals surface area contributed by atoms with Crippen LogP contribution in [0.3, 0.4) is 0 Å². The monoisotopic (exact) mass is 471 g/mol. The Bertz CT molecular complexity index is 1070. The van der Waals surface area contributed by atoms with Gasteiger partial charge in [0.2, 0.25) is 0 Å². The van der Waals surface area contributed by atoms with E-state index in [-0.39, 0.29) is 5.41 Å². The Balaban J connectivity index is 0.000000337. The Labute approximate surface area is 216 Å². The molecule has 1 atom stereocenters. The van der Waals surface area contributed by atoms with Crippen LogP contribution >= 0.6 is 0 Å². The van der Waals surface area contributed by atoms with Crippen LogP contribution in [0.5, 0.6) is 0 Å². The van der Waals surface area contributed by atoms with Gasteiger partial charge in [0.25, 0.3) is 0 Å². The first kappa shape index (κ1) is 30.2. The van der Waals surface area contributed by atoms with Crippen molar-refractivity contribution < 1.29 is 0 Å². The van der Waals surface area contributed by atoms with Crippen molar-refractivity contribution >= 4 is 27.2 Å². The van der Waals surface area contributed by atoms with E-state index < -0.39 is 0 Å². The third-order valence-corrected chi connectivity index (χ3v) is 5.61. The van der Waals surface area contributed by atoms with E-state index in [0.29, 0.717) is 11.3 Å². The van der Waals surface area contributed by atoms with E-state index in [9.17, 15) is 0 Å². The molecule has 0 radical (unpaired) electrons. The van der Waals surface area contributed by atoms with Gasteiger partial charge in [-0.1, -0.05) is 136 Å². The lowest BCUT2D eigenvalue weighted by Gasteiger charge is -2.30. The molecule has 0 aliphatic heterocycles. The minimum atomic E-state index is 0.257. The molecule has 1 unspecified atom stereocenters. The van der Waals surface area contributed by atoms with Gasteiger partial charge in [-0.3, -0.25) is 0 Å². The summed E-state index contributed by atoms with van der Waals surface area (Å²) in [4.78, 5) is 0. The highest BCUT2D eigenvalue weighted by molar-refractivity contribution is 6.02. The van der Waals surface area contributed by atoms with Gasteiger partial charge in [-0.05, 0) is 62.1 Å². The minimum Gasteiger partial charge on any atom is -0.388 e. The van der Waals surface area contributed by atoms with Crippen molar-refractivity contribution in [3.63, 3.8) is 0 Å². The summed E-state index contributed by atoms with van der Waals surface area (Å²) in [7, 11) is 1.91. The molecule has 4 aromatic carbocycles. The number of nitrogens with one attached hydrogen (secondary N) is 1. The first-order valence-corrected chi connectivity index (χ1v) is 13.0. The molecule has 4 aromatic rings. The fourth-order valence-corrected chi connectivity index (χ4v) is 3.55. The fourth-order valence-electron chi connectivity index (χ4n) is 3.55. The van der Waals surface area contributed by atoms with Crippen molar-refractivity contribution in [3.05, 3.63) is 90.5 Å². The average molecular weight is 472 g/mol. The fraction of sp³-hybridized carbons (Fsp3) is 0.412. The van der Waals surface area contributed by atoms with E-state index in [0.717, 1.165) is 5.69 Å². The first-order valence-electron chi connectivity index (χ1n) is 13.0. The zero-order valence-corrected chi connectivity index (χ0v) is 24.2. The SMILES string of the molecule is CC.CC(C)(C)C.CC(c1c2ccccc2cc2ccccc12)C(C)(C)C.CNc1ccccc1. The molecule has 1 heteroatoms. The van der Waals surface area contributed by atoms with Crippen LogP contribution in [0.2, 0.25) is 0 Å². The first-order chi connectivity index (χ1) is 16.4. The number of hydrogen-bond acceptors (Lipinski definition) is 1. The van der Waals surface area contributed by atoms with Crippen LogP contribution in [0.1, 0.15) is 80.7 Å². The molecule has 35 heavy (non-hydrogen) atoms. The lowest BCUT2D eigenvalue weighted by atomic mass is 9.75. The van der Waals surface area contributed by atoms with Gasteiger partial charge in [0, 0.05) is 12.7 Å². The van der Waals surface area contributed by atoms with Gasteiger partial charge < -0.3 is 5.32 Å². The maximum Gasteiger partial charge on any atom is 0.0337 e. The van der Waals surface area contributed by atoms with E-state index >= 15 is 0 Å². The standard InChI is InChI=1S/C20H22.C7H9N.C5H12.C2H6/c1-14(20(2,3)4)19-17-11-7-5-9-15(17)13-16-10-6-8-12-18(16)19;1-8-7-5-3-2-4-6-7;1-5(2,3)4;1-2/h5-14H,1-4H3;2-6,8H,1H3;1-4H3;1-2H3. The summed E-state index contributed by atoms with van der Waals surface area (Å²) in [6.45, 7) is 22.1. The zero-order valence-electron chi connectivity index (χ0n) is 24.2. The second kappa shape index (κ2) is 13.9. The number of rotatable bonds is 2. The lowest BCUT2D eigenvalue weighted by Crippen LogP contribution is -2.16. The third kappa shape index (κ3) is 10.1. The van der Waals surface area contributed by atoms with Crippen LogP contribution in [-0.2, 0) is 0 Å². The van der Waals surface area contributed by atoms with Gasteiger partial charge in [0.1, 0.15) is 0 Å². The molecule has 0 saturated heterocycles. The van der Waals surface area contributed by atoms with E-state index in [1.54, 1.807) is 0 Å². The molecule has 0 amide bonds. The smallest absolute Gasteiger partial charge is 0.0337 e. The van der Waals surface area contributed by atoms with Crippen molar-refractivity contribution in [2.24, 2.45) is 10.8 Å². The molecule has 0 aliphatic carbocycles. The Hall–Kier alpha value is -2.80. The van der Waals surface area contributed by atoms with Gasteiger partial charge in [0.15, 0.2) is 0 Å². The summed E-state index contributed by atoms with van der Waals surface area (Å²) in [6.07, 6.45) is 0. The molecule has 0 saturated carbocycles. The molecular weight excluding hydrogens is 422 g/mol. The van der Waals surface area contributed by atoms with E-state index in [1.807, 2.05) is 51.2 Å². The lowest BCUT2D eigenvalue weighted by molar-refractivity contribution is 0.343. The Kier molecular flexibility index (Phi) is 12.0. The van der Waals surface area contributed by atoms with E-state index in [1.165, 1.54) is 27.1 Å². The van der Waals surface area contributed by atoms with Gasteiger partial charge in [-0.15, -0.1) is 0 Å². The summed E-state index contributed by atoms with van der Waals surface area (Å²) in [5.74, 6) is 0.512. The molecule has 0 aliphatic rings. The van der Waals surface area contributed by atoms with Crippen LogP contribution in [0.15, 0.2) is 84.9 Å². The molecular formula is C34H49N. The van der Waals surface area contributed by atoms with Crippen molar-refractivity contribution in [3.8, 4) is 0 Å². The molecule has 4 rings (SSSR count).